The van der Waals surface area contributed by atoms with E-state index in [2.05, 4.69) is 10.3 Å². The Bertz CT molecular complexity index is 441. The number of amides is 1. The van der Waals surface area contributed by atoms with Crippen LogP contribution in [0.4, 0.5) is 0 Å². The Morgan fingerprint density at radius 1 is 1.45 bits per heavy atom. The molecule has 0 radical (unpaired) electrons. The summed E-state index contributed by atoms with van der Waals surface area (Å²) in [5.74, 6) is -0.332. The number of pyridine rings is 1. The lowest BCUT2D eigenvalue weighted by atomic mass is 10.1. The van der Waals surface area contributed by atoms with Gasteiger partial charge in [0.25, 0.3) is 0 Å². The van der Waals surface area contributed by atoms with Crippen molar-refractivity contribution >= 4 is 22.8 Å². The molecule has 7 heteroatoms. The van der Waals surface area contributed by atoms with Crippen LogP contribution in [0.2, 0.25) is 0 Å². The van der Waals surface area contributed by atoms with Crippen LogP contribution in [0, 0.1) is 0 Å². The van der Waals surface area contributed by atoms with Crippen LogP contribution < -0.4 is 16.8 Å². The molecule has 1 aromatic rings. The normalized spacial score (nSPS) is 13.6. The highest BCUT2D eigenvalue weighted by molar-refractivity contribution is 8.13. The molecule has 0 fully saturated rings. The first-order valence-electron chi connectivity index (χ1n) is 6.43. The van der Waals surface area contributed by atoms with E-state index in [1.165, 1.54) is 0 Å². The summed E-state index contributed by atoms with van der Waals surface area (Å²) in [7, 11) is 0. The van der Waals surface area contributed by atoms with Crippen molar-refractivity contribution in [2.45, 2.75) is 36.9 Å². The van der Waals surface area contributed by atoms with Gasteiger partial charge in [-0.05, 0) is 50.2 Å². The Morgan fingerprint density at radius 3 is 2.80 bits per heavy atom. The van der Waals surface area contributed by atoms with Crippen molar-refractivity contribution in [3.8, 4) is 0 Å². The molecule has 0 spiro atoms. The highest BCUT2D eigenvalue weighted by atomic mass is 32.2. The van der Waals surface area contributed by atoms with E-state index in [-0.39, 0.29) is 11.0 Å². The molecule has 0 saturated carbocycles. The summed E-state index contributed by atoms with van der Waals surface area (Å²) in [6, 6.07) is 4.07. The number of nitrogens with one attached hydrogen (secondary N) is 1. The molecule has 6 nitrogen and oxygen atoms in total. The number of nitrogens with zero attached hydrogens (tertiary/aromatic N) is 1. The zero-order valence-corrected chi connectivity index (χ0v) is 12.2. The van der Waals surface area contributed by atoms with E-state index < -0.39 is 12.1 Å². The quantitative estimate of drug-likeness (QED) is 0.623. The Morgan fingerprint density at radius 2 is 2.20 bits per heavy atom. The summed E-state index contributed by atoms with van der Waals surface area (Å²) >= 11 is 0.998. The van der Waals surface area contributed by atoms with Crippen molar-refractivity contribution in [2.75, 3.05) is 6.54 Å². The zero-order chi connectivity index (χ0) is 15.0. The number of rotatable bonds is 7. The number of thioether (sulfide) groups is 1. The molecule has 20 heavy (non-hydrogen) atoms. The largest absolute Gasteiger partial charge is 0.344 e. The lowest BCUT2D eigenvalue weighted by Gasteiger charge is -2.16. The molecular formula is C13H20N4O2S. The predicted molar refractivity (Wildman–Crippen MR) is 79.0 cm³/mol. The van der Waals surface area contributed by atoms with Crippen LogP contribution in [0.3, 0.4) is 0 Å². The van der Waals surface area contributed by atoms with Crippen molar-refractivity contribution in [1.82, 2.24) is 10.3 Å². The molecule has 0 unspecified atom stereocenters. The van der Waals surface area contributed by atoms with Crippen LogP contribution in [-0.2, 0) is 9.59 Å². The third kappa shape index (κ3) is 5.68. The van der Waals surface area contributed by atoms with Crippen molar-refractivity contribution in [3.63, 3.8) is 0 Å². The van der Waals surface area contributed by atoms with Crippen LogP contribution in [0.15, 0.2) is 29.4 Å². The van der Waals surface area contributed by atoms with E-state index in [4.69, 9.17) is 11.5 Å². The molecule has 1 heterocycles. The topological polar surface area (TPSA) is 111 Å². The number of nitrogens with two attached hydrogens (primary N) is 2. The van der Waals surface area contributed by atoms with E-state index in [1.807, 2.05) is 0 Å². The summed E-state index contributed by atoms with van der Waals surface area (Å²) in [5.41, 5.74) is 11.1. The van der Waals surface area contributed by atoms with Gasteiger partial charge in [-0.2, -0.15) is 0 Å². The number of aromatic nitrogens is 1. The maximum Gasteiger partial charge on any atom is 0.237 e. The van der Waals surface area contributed by atoms with Crippen LogP contribution in [-0.4, -0.2) is 34.6 Å². The van der Waals surface area contributed by atoms with Crippen LogP contribution in [0.1, 0.15) is 19.8 Å². The first kappa shape index (κ1) is 16.6. The van der Waals surface area contributed by atoms with Gasteiger partial charge in [0.1, 0.15) is 5.03 Å². The van der Waals surface area contributed by atoms with Crippen LogP contribution in [0.25, 0.3) is 0 Å². The summed E-state index contributed by atoms with van der Waals surface area (Å²) < 4.78 is 0. The van der Waals surface area contributed by atoms with E-state index in [0.29, 0.717) is 24.4 Å². The van der Waals surface area contributed by atoms with Gasteiger partial charge < -0.3 is 16.8 Å². The molecule has 0 bridgehead atoms. The summed E-state index contributed by atoms with van der Waals surface area (Å²) in [4.78, 5) is 27.7. The molecule has 1 aromatic heterocycles. The van der Waals surface area contributed by atoms with Gasteiger partial charge in [0.2, 0.25) is 11.0 Å². The summed E-state index contributed by atoms with van der Waals surface area (Å²) in [6.45, 7) is 2.12. The fraction of sp³-hybridized carbons (Fsp3) is 0.462. The van der Waals surface area contributed by atoms with Gasteiger partial charge in [0.05, 0.1) is 12.1 Å². The predicted octanol–water partition coefficient (Wildman–Crippen LogP) is 0.271. The standard InChI is InChI=1S/C13H20N4O2S/c1-9(17-12(18)10(15)5-4-7-14)13(19)20-11-6-2-3-8-16-11/h2-3,6,8-10H,4-5,7,14-15H2,1H3,(H,17,18)/t9-,10-/m0/s1. The van der Waals surface area contributed by atoms with Gasteiger partial charge in [0.15, 0.2) is 0 Å². The van der Waals surface area contributed by atoms with Gasteiger partial charge in [-0.15, -0.1) is 0 Å². The smallest absolute Gasteiger partial charge is 0.237 e. The molecule has 2 atom stereocenters. The van der Waals surface area contributed by atoms with Crippen molar-refractivity contribution in [3.05, 3.63) is 24.4 Å². The molecule has 0 aliphatic heterocycles. The van der Waals surface area contributed by atoms with Crippen molar-refractivity contribution < 1.29 is 9.59 Å². The third-order valence-electron chi connectivity index (χ3n) is 2.61. The Balaban J connectivity index is 2.43. The average Bonchev–Trinajstić information content (AvgIpc) is 2.45. The molecule has 110 valence electrons. The van der Waals surface area contributed by atoms with Crippen molar-refractivity contribution in [2.24, 2.45) is 11.5 Å². The van der Waals surface area contributed by atoms with Gasteiger partial charge in [-0.25, -0.2) is 4.98 Å². The Kier molecular flexibility index (Phi) is 7.21. The molecule has 0 aliphatic carbocycles. The first-order chi connectivity index (χ1) is 9.54. The molecular weight excluding hydrogens is 276 g/mol. The maximum absolute atomic E-state index is 11.9. The van der Waals surface area contributed by atoms with E-state index in [0.717, 1.165) is 11.8 Å². The number of hydrogen-bond donors (Lipinski definition) is 3. The second-order valence-electron chi connectivity index (χ2n) is 4.36. The summed E-state index contributed by atoms with van der Waals surface area (Å²) in [6.07, 6.45) is 2.80. The summed E-state index contributed by atoms with van der Waals surface area (Å²) in [5, 5.41) is 3.03. The Hall–Kier alpha value is -1.44. The van der Waals surface area contributed by atoms with Gasteiger partial charge in [-0.3, -0.25) is 9.59 Å². The second-order valence-corrected chi connectivity index (χ2v) is 5.38. The fourth-order valence-electron chi connectivity index (χ4n) is 1.45. The maximum atomic E-state index is 11.9. The molecule has 0 saturated heterocycles. The highest BCUT2D eigenvalue weighted by Crippen LogP contribution is 2.16. The minimum Gasteiger partial charge on any atom is -0.344 e. The molecule has 5 N–H and O–H groups in total. The lowest BCUT2D eigenvalue weighted by molar-refractivity contribution is -0.125. The third-order valence-corrected chi connectivity index (χ3v) is 3.62. The minimum atomic E-state index is -0.631. The monoisotopic (exact) mass is 296 g/mol. The van der Waals surface area contributed by atoms with Gasteiger partial charge in [0, 0.05) is 6.20 Å². The second kappa shape index (κ2) is 8.68. The van der Waals surface area contributed by atoms with Crippen LogP contribution in [0.5, 0.6) is 0 Å². The molecule has 1 amide bonds. The molecule has 0 aromatic carbocycles. The first-order valence-corrected chi connectivity index (χ1v) is 7.25. The lowest BCUT2D eigenvalue weighted by Crippen LogP contribution is -2.46. The van der Waals surface area contributed by atoms with Crippen molar-refractivity contribution in [1.29, 1.82) is 0 Å². The average molecular weight is 296 g/mol. The number of carbonyl (C=O) groups is 2. The van der Waals surface area contributed by atoms with Gasteiger partial charge >= 0.3 is 0 Å². The van der Waals surface area contributed by atoms with E-state index in [1.54, 1.807) is 31.3 Å². The van der Waals surface area contributed by atoms with Crippen LogP contribution >= 0.6 is 11.8 Å². The number of carbonyl (C=O) groups excluding carboxylic acids is 2. The fourth-order valence-corrected chi connectivity index (χ4v) is 2.15. The molecule has 1 rings (SSSR count). The minimum absolute atomic E-state index is 0.178. The molecule has 0 aliphatic rings. The Labute approximate surface area is 122 Å². The highest BCUT2D eigenvalue weighted by Gasteiger charge is 2.20. The SMILES string of the molecule is C[C@H](NC(=O)[C@@H](N)CCCN)C(=O)Sc1ccccn1. The van der Waals surface area contributed by atoms with Gasteiger partial charge in [-0.1, -0.05) is 6.07 Å². The van der Waals surface area contributed by atoms with E-state index in [9.17, 15) is 9.59 Å². The van der Waals surface area contributed by atoms with E-state index >= 15 is 0 Å². The number of hydrogen-bond acceptors (Lipinski definition) is 6. The zero-order valence-electron chi connectivity index (χ0n) is 11.4.